The molecular weight excluding hydrogens is 438 g/mol. The maximum Gasteiger partial charge on any atom is 0.251 e. The van der Waals surface area contributed by atoms with Crippen LogP contribution < -0.4 is 15.4 Å². The lowest BCUT2D eigenvalue weighted by Crippen LogP contribution is -2.47. The van der Waals surface area contributed by atoms with Crippen molar-refractivity contribution in [1.29, 1.82) is 0 Å². The zero-order valence-corrected chi connectivity index (χ0v) is 20.8. The van der Waals surface area contributed by atoms with Crippen molar-refractivity contribution in [2.45, 2.75) is 46.3 Å². The first-order valence-corrected chi connectivity index (χ1v) is 11.3. The molecule has 0 fully saturated rings. The largest absolute Gasteiger partial charge is 0.489 e. The molecule has 33 heavy (non-hydrogen) atoms. The van der Waals surface area contributed by atoms with E-state index in [1.54, 1.807) is 32.3 Å². The third-order valence-electron chi connectivity index (χ3n) is 5.14. The van der Waals surface area contributed by atoms with Crippen molar-refractivity contribution in [2.24, 2.45) is 4.99 Å². The van der Waals surface area contributed by atoms with Gasteiger partial charge in [0.25, 0.3) is 5.91 Å². The van der Waals surface area contributed by atoms with Crippen LogP contribution in [-0.2, 0) is 11.2 Å². The topological polar surface area (TPSA) is 79.8 Å². The van der Waals surface area contributed by atoms with Gasteiger partial charge in [-0.3, -0.25) is 14.6 Å². The standard InChI is InChI=1S/C26H32ClN3O3/c1-7-21(17(4)28-5)19-10-8-18(9-11-19)14-23(26(32)29-6)30-25(31)20-12-13-24(22(27)15-20)33-16(2)3/h7-13,15-16,23H,14H2,1-6H3,(H,29,32)(H,30,31)/b21-7-,28-17?. The molecule has 0 saturated carbocycles. The Labute approximate surface area is 201 Å². The highest BCUT2D eigenvalue weighted by Gasteiger charge is 2.22. The lowest BCUT2D eigenvalue weighted by atomic mass is 9.98. The molecule has 0 bridgehead atoms. The number of aliphatic imine (C=N–C) groups is 1. The van der Waals surface area contributed by atoms with E-state index in [-0.39, 0.29) is 17.9 Å². The predicted octanol–water partition coefficient (Wildman–Crippen LogP) is 4.71. The minimum atomic E-state index is -0.737. The number of rotatable bonds is 9. The van der Waals surface area contributed by atoms with Gasteiger partial charge in [0.05, 0.1) is 11.1 Å². The molecule has 2 N–H and O–H groups in total. The van der Waals surface area contributed by atoms with Crippen molar-refractivity contribution in [3.05, 3.63) is 70.3 Å². The summed E-state index contributed by atoms with van der Waals surface area (Å²) < 4.78 is 5.61. The SMILES string of the molecule is C/C=C(/C(C)=NC)c1ccc(CC(NC(=O)c2ccc(OC(C)C)c(Cl)c2)C(=O)NC)cc1. The van der Waals surface area contributed by atoms with E-state index in [1.165, 1.54) is 0 Å². The van der Waals surface area contributed by atoms with Crippen LogP contribution in [0.1, 0.15) is 49.2 Å². The predicted molar refractivity (Wildman–Crippen MR) is 135 cm³/mol. The van der Waals surface area contributed by atoms with E-state index < -0.39 is 6.04 Å². The monoisotopic (exact) mass is 469 g/mol. The Balaban J connectivity index is 2.18. The Bertz CT molecular complexity index is 1040. The summed E-state index contributed by atoms with van der Waals surface area (Å²) in [4.78, 5) is 29.6. The van der Waals surface area contributed by atoms with Gasteiger partial charge in [0.15, 0.2) is 0 Å². The summed E-state index contributed by atoms with van der Waals surface area (Å²) >= 11 is 6.26. The molecule has 0 aromatic heterocycles. The Morgan fingerprint density at radius 1 is 1.12 bits per heavy atom. The van der Waals surface area contributed by atoms with Gasteiger partial charge in [-0.25, -0.2) is 0 Å². The van der Waals surface area contributed by atoms with Gasteiger partial charge in [0.2, 0.25) is 5.91 Å². The maximum atomic E-state index is 12.8. The highest BCUT2D eigenvalue weighted by Crippen LogP contribution is 2.26. The third-order valence-corrected chi connectivity index (χ3v) is 5.44. The Morgan fingerprint density at radius 3 is 2.27 bits per heavy atom. The number of likely N-dealkylation sites (N-methyl/N-ethyl adjacent to an activating group) is 1. The molecule has 6 nitrogen and oxygen atoms in total. The molecule has 176 valence electrons. The third kappa shape index (κ3) is 7.19. The average Bonchev–Trinajstić information content (AvgIpc) is 2.80. The quantitative estimate of drug-likeness (QED) is 0.522. The van der Waals surface area contributed by atoms with E-state index >= 15 is 0 Å². The van der Waals surface area contributed by atoms with Gasteiger partial charge < -0.3 is 15.4 Å². The average molecular weight is 470 g/mol. The van der Waals surface area contributed by atoms with E-state index in [2.05, 4.69) is 15.6 Å². The molecule has 2 rings (SSSR count). The molecule has 0 spiro atoms. The summed E-state index contributed by atoms with van der Waals surface area (Å²) in [6, 6.07) is 12.0. The number of carbonyl (C=O) groups excluding carboxylic acids is 2. The summed E-state index contributed by atoms with van der Waals surface area (Å²) in [7, 11) is 3.31. The highest BCUT2D eigenvalue weighted by atomic mass is 35.5. The van der Waals surface area contributed by atoms with E-state index in [4.69, 9.17) is 16.3 Å². The first-order chi connectivity index (χ1) is 15.7. The number of amides is 2. The van der Waals surface area contributed by atoms with Gasteiger partial charge >= 0.3 is 0 Å². The van der Waals surface area contributed by atoms with Gasteiger partial charge in [-0.2, -0.15) is 0 Å². The molecule has 0 aliphatic rings. The fraction of sp³-hybridized carbons (Fsp3) is 0.346. The van der Waals surface area contributed by atoms with Crippen LogP contribution in [0.2, 0.25) is 5.02 Å². The summed E-state index contributed by atoms with van der Waals surface area (Å²) in [6.07, 6.45) is 2.33. The summed E-state index contributed by atoms with van der Waals surface area (Å²) in [5.74, 6) is -0.152. The molecule has 7 heteroatoms. The lowest BCUT2D eigenvalue weighted by Gasteiger charge is -2.18. The van der Waals surface area contributed by atoms with Crippen molar-refractivity contribution in [2.75, 3.05) is 14.1 Å². The van der Waals surface area contributed by atoms with Crippen molar-refractivity contribution in [3.8, 4) is 5.75 Å². The zero-order valence-electron chi connectivity index (χ0n) is 20.0. The number of hydrogen-bond acceptors (Lipinski definition) is 4. The Hall–Kier alpha value is -3.12. The number of halogens is 1. The molecule has 0 radical (unpaired) electrons. The number of carbonyl (C=O) groups is 2. The molecule has 0 aliphatic carbocycles. The summed E-state index contributed by atoms with van der Waals surface area (Å²) in [5, 5.41) is 5.78. The highest BCUT2D eigenvalue weighted by molar-refractivity contribution is 6.32. The van der Waals surface area contributed by atoms with Crippen LogP contribution in [-0.4, -0.2) is 43.8 Å². The van der Waals surface area contributed by atoms with Gasteiger partial charge in [-0.15, -0.1) is 0 Å². The van der Waals surface area contributed by atoms with Crippen LogP contribution >= 0.6 is 11.6 Å². The summed E-state index contributed by atoms with van der Waals surface area (Å²) in [6.45, 7) is 7.74. The van der Waals surface area contributed by atoms with Crippen molar-refractivity contribution in [1.82, 2.24) is 10.6 Å². The second kappa shape index (κ2) is 12.2. The molecule has 0 saturated heterocycles. The maximum absolute atomic E-state index is 12.8. The number of ether oxygens (including phenoxy) is 1. The van der Waals surface area contributed by atoms with Crippen LogP contribution in [0.25, 0.3) is 5.57 Å². The fourth-order valence-corrected chi connectivity index (χ4v) is 3.60. The second-order valence-electron chi connectivity index (χ2n) is 7.86. The van der Waals surface area contributed by atoms with Gasteiger partial charge in [0, 0.05) is 31.8 Å². The van der Waals surface area contributed by atoms with Crippen molar-refractivity contribution >= 4 is 34.7 Å². The fourth-order valence-electron chi connectivity index (χ4n) is 3.38. The lowest BCUT2D eigenvalue weighted by molar-refractivity contribution is -0.122. The number of nitrogens with zero attached hydrogens (tertiary/aromatic N) is 1. The second-order valence-corrected chi connectivity index (χ2v) is 8.27. The normalized spacial score (nSPS) is 13.0. The first-order valence-electron chi connectivity index (χ1n) is 10.9. The first kappa shape index (κ1) is 26.1. The zero-order chi connectivity index (χ0) is 24.5. The van der Waals surface area contributed by atoms with Crippen LogP contribution in [0.5, 0.6) is 5.75 Å². The van der Waals surface area contributed by atoms with Crippen molar-refractivity contribution in [3.63, 3.8) is 0 Å². The summed E-state index contributed by atoms with van der Waals surface area (Å²) in [5.41, 5.74) is 4.33. The molecule has 2 aromatic rings. The minimum absolute atomic E-state index is 0.0340. The van der Waals surface area contributed by atoms with E-state index in [9.17, 15) is 9.59 Å². The van der Waals surface area contributed by atoms with Gasteiger partial charge in [0.1, 0.15) is 11.8 Å². The van der Waals surface area contributed by atoms with E-state index in [0.29, 0.717) is 22.8 Å². The smallest absolute Gasteiger partial charge is 0.251 e. The van der Waals surface area contributed by atoms with Crippen molar-refractivity contribution < 1.29 is 14.3 Å². The molecule has 0 heterocycles. The van der Waals surface area contributed by atoms with Gasteiger partial charge in [-0.05, 0) is 62.6 Å². The molecule has 1 unspecified atom stereocenters. The Morgan fingerprint density at radius 2 is 1.76 bits per heavy atom. The van der Waals surface area contributed by atoms with E-state index in [0.717, 1.165) is 22.4 Å². The number of nitrogens with one attached hydrogen (secondary N) is 2. The minimum Gasteiger partial charge on any atom is -0.489 e. The van der Waals surface area contributed by atoms with Crippen LogP contribution in [0.3, 0.4) is 0 Å². The number of hydrogen-bond donors (Lipinski definition) is 2. The molecule has 2 aromatic carbocycles. The van der Waals surface area contributed by atoms with E-state index in [1.807, 2.05) is 58.0 Å². The van der Waals surface area contributed by atoms with Crippen LogP contribution in [0.4, 0.5) is 0 Å². The molecule has 2 amide bonds. The number of benzene rings is 2. The van der Waals surface area contributed by atoms with Crippen LogP contribution in [0.15, 0.2) is 53.5 Å². The molecular formula is C26H32ClN3O3. The van der Waals surface area contributed by atoms with Crippen LogP contribution in [0, 0.1) is 0 Å². The number of allylic oxidation sites excluding steroid dienone is 2. The van der Waals surface area contributed by atoms with Gasteiger partial charge in [-0.1, -0.05) is 41.9 Å². The Kier molecular flexibility index (Phi) is 9.67. The molecule has 0 aliphatic heterocycles. The molecule has 1 atom stereocenters.